The van der Waals surface area contributed by atoms with Gasteiger partial charge in [-0.3, -0.25) is 15.0 Å². The predicted molar refractivity (Wildman–Crippen MR) is 79.6 cm³/mol. The van der Waals surface area contributed by atoms with Crippen molar-refractivity contribution in [1.82, 2.24) is 10.2 Å². The summed E-state index contributed by atoms with van der Waals surface area (Å²) >= 11 is 0. The molecule has 116 valence electrons. The summed E-state index contributed by atoms with van der Waals surface area (Å²) in [5.41, 5.74) is -0.0544. The first-order valence-corrected chi connectivity index (χ1v) is 7.49. The van der Waals surface area contributed by atoms with Crippen LogP contribution in [0.5, 0.6) is 0 Å². The average Bonchev–Trinajstić information content (AvgIpc) is 2.49. The highest BCUT2D eigenvalue weighted by atomic mass is 19.1. The van der Waals surface area contributed by atoms with Crippen molar-refractivity contribution in [2.75, 3.05) is 19.6 Å². The van der Waals surface area contributed by atoms with Gasteiger partial charge in [-0.25, -0.2) is 0 Å². The van der Waals surface area contributed by atoms with Crippen molar-refractivity contribution in [3.63, 3.8) is 0 Å². The molecule has 0 saturated carbocycles. The van der Waals surface area contributed by atoms with Crippen LogP contribution in [-0.4, -0.2) is 35.5 Å². The van der Waals surface area contributed by atoms with E-state index in [-0.39, 0.29) is 0 Å². The summed E-state index contributed by atoms with van der Waals surface area (Å²) in [6.45, 7) is 5.10. The van der Waals surface area contributed by atoms with Crippen LogP contribution in [0.2, 0.25) is 0 Å². The predicted octanol–water partition coefficient (Wildman–Crippen LogP) is 2.70. The number of hydrogen-bond acceptors (Lipinski definition) is 4. The van der Waals surface area contributed by atoms with Crippen molar-refractivity contribution in [1.29, 1.82) is 0 Å². The van der Waals surface area contributed by atoms with Gasteiger partial charge in [-0.2, -0.15) is 4.39 Å². The van der Waals surface area contributed by atoms with Crippen LogP contribution in [0.4, 0.5) is 10.1 Å². The van der Waals surface area contributed by atoms with Crippen molar-refractivity contribution in [3.05, 3.63) is 39.7 Å². The third-order valence-corrected chi connectivity index (χ3v) is 3.99. The van der Waals surface area contributed by atoms with Crippen molar-refractivity contribution in [2.24, 2.45) is 0 Å². The second-order valence-electron chi connectivity index (χ2n) is 5.48. The van der Waals surface area contributed by atoms with Crippen molar-refractivity contribution in [3.8, 4) is 0 Å². The molecule has 1 unspecified atom stereocenters. The number of nitro groups is 1. The van der Waals surface area contributed by atoms with Gasteiger partial charge in [0.15, 0.2) is 0 Å². The Morgan fingerprint density at radius 1 is 1.48 bits per heavy atom. The quantitative estimate of drug-likeness (QED) is 0.647. The topological polar surface area (TPSA) is 58.4 Å². The minimum atomic E-state index is -0.711. The van der Waals surface area contributed by atoms with E-state index in [1.165, 1.54) is 18.9 Å². The Labute approximate surface area is 124 Å². The van der Waals surface area contributed by atoms with Crippen LogP contribution in [0.1, 0.15) is 31.7 Å². The van der Waals surface area contributed by atoms with Gasteiger partial charge in [-0.05, 0) is 25.9 Å². The molecule has 1 heterocycles. The second kappa shape index (κ2) is 7.47. The monoisotopic (exact) mass is 295 g/mol. The first-order chi connectivity index (χ1) is 10.1. The van der Waals surface area contributed by atoms with Crippen molar-refractivity contribution < 1.29 is 9.31 Å². The summed E-state index contributed by atoms with van der Waals surface area (Å²) in [7, 11) is 0. The molecule has 1 N–H and O–H groups in total. The van der Waals surface area contributed by atoms with Crippen LogP contribution in [-0.2, 0) is 6.54 Å². The lowest BCUT2D eigenvalue weighted by atomic mass is 10.0. The van der Waals surface area contributed by atoms with Gasteiger partial charge in [0.05, 0.1) is 4.92 Å². The smallest absolute Gasteiger partial charge is 0.305 e. The summed E-state index contributed by atoms with van der Waals surface area (Å²) in [5.74, 6) is -0.711. The van der Waals surface area contributed by atoms with Crippen molar-refractivity contribution in [2.45, 2.75) is 38.8 Å². The zero-order chi connectivity index (χ0) is 15.2. The molecule has 1 atom stereocenters. The number of piperidine rings is 1. The molecule has 6 heteroatoms. The third-order valence-electron chi connectivity index (χ3n) is 3.99. The van der Waals surface area contributed by atoms with Crippen LogP contribution in [0.3, 0.4) is 0 Å². The maximum absolute atomic E-state index is 14.1. The first kappa shape index (κ1) is 15.9. The molecular weight excluding hydrogens is 273 g/mol. The SMILES string of the molecule is CCN(Cc1cccc([N+](=O)[O-])c1F)CC1CCCCN1. The van der Waals surface area contributed by atoms with Crippen LogP contribution in [0.25, 0.3) is 0 Å². The van der Waals surface area contributed by atoms with Gasteiger partial charge >= 0.3 is 5.69 Å². The number of halogens is 1. The van der Waals surface area contributed by atoms with Crippen LogP contribution < -0.4 is 5.32 Å². The van der Waals surface area contributed by atoms with Crippen LogP contribution >= 0.6 is 0 Å². The maximum Gasteiger partial charge on any atom is 0.305 e. The molecule has 1 aliphatic heterocycles. The lowest BCUT2D eigenvalue weighted by Crippen LogP contribution is -2.43. The Morgan fingerprint density at radius 2 is 2.29 bits per heavy atom. The molecule has 0 amide bonds. The van der Waals surface area contributed by atoms with Crippen LogP contribution in [0, 0.1) is 15.9 Å². The van der Waals surface area contributed by atoms with Gasteiger partial charge in [0.1, 0.15) is 0 Å². The highest BCUT2D eigenvalue weighted by Gasteiger charge is 2.20. The number of nitrogens with zero attached hydrogens (tertiary/aromatic N) is 2. The van der Waals surface area contributed by atoms with Gasteiger partial charge in [0.2, 0.25) is 5.82 Å². The van der Waals surface area contributed by atoms with E-state index in [1.807, 2.05) is 6.92 Å². The van der Waals surface area contributed by atoms with Gasteiger partial charge in [0, 0.05) is 30.8 Å². The maximum atomic E-state index is 14.1. The van der Waals surface area contributed by atoms with Gasteiger partial charge < -0.3 is 5.32 Å². The average molecular weight is 295 g/mol. The summed E-state index contributed by atoms with van der Waals surface area (Å²) in [6.07, 6.45) is 3.57. The Hall–Kier alpha value is -1.53. The number of nitro benzene ring substituents is 1. The Kier molecular flexibility index (Phi) is 5.64. The van der Waals surface area contributed by atoms with E-state index < -0.39 is 16.4 Å². The van der Waals surface area contributed by atoms with Crippen LogP contribution in [0.15, 0.2) is 18.2 Å². The highest BCUT2D eigenvalue weighted by molar-refractivity contribution is 5.36. The summed E-state index contributed by atoms with van der Waals surface area (Å²) in [6, 6.07) is 4.81. The lowest BCUT2D eigenvalue weighted by molar-refractivity contribution is -0.387. The molecule has 1 aliphatic rings. The molecule has 1 aromatic rings. The summed E-state index contributed by atoms with van der Waals surface area (Å²) in [4.78, 5) is 12.2. The molecule has 21 heavy (non-hydrogen) atoms. The Balaban J connectivity index is 2.04. The molecule has 2 rings (SSSR count). The standard InChI is InChI=1S/C15H22FN3O2/c1-2-18(11-13-7-3-4-9-17-13)10-12-6-5-8-14(15(12)16)19(20)21/h5-6,8,13,17H,2-4,7,9-11H2,1H3. The molecule has 1 saturated heterocycles. The van der Waals surface area contributed by atoms with E-state index in [4.69, 9.17) is 0 Å². The third kappa shape index (κ3) is 4.22. The number of nitrogens with one attached hydrogen (secondary N) is 1. The lowest BCUT2D eigenvalue weighted by Gasteiger charge is -2.30. The van der Waals surface area contributed by atoms with Crippen molar-refractivity contribution >= 4 is 5.69 Å². The van der Waals surface area contributed by atoms with E-state index >= 15 is 0 Å². The molecule has 1 aromatic carbocycles. The van der Waals surface area contributed by atoms with E-state index in [1.54, 1.807) is 12.1 Å². The minimum absolute atomic E-state index is 0.391. The fourth-order valence-corrected chi connectivity index (χ4v) is 2.77. The molecule has 0 bridgehead atoms. The summed E-state index contributed by atoms with van der Waals surface area (Å²) in [5, 5.41) is 14.3. The van der Waals surface area contributed by atoms with Gasteiger partial charge in [-0.1, -0.05) is 25.5 Å². The normalized spacial score (nSPS) is 18.9. The van der Waals surface area contributed by atoms with E-state index in [0.29, 0.717) is 18.2 Å². The fraction of sp³-hybridized carbons (Fsp3) is 0.600. The number of benzene rings is 1. The second-order valence-corrected chi connectivity index (χ2v) is 5.48. The molecule has 0 aliphatic carbocycles. The molecule has 0 spiro atoms. The molecule has 1 fully saturated rings. The largest absolute Gasteiger partial charge is 0.313 e. The number of hydrogen-bond donors (Lipinski definition) is 1. The zero-order valence-electron chi connectivity index (χ0n) is 12.3. The fourth-order valence-electron chi connectivity index (χ4n) is 2.77. The molecule has 0 aromatic heterocycles. The first-order valence-electron chi connectivity index (χ1n) is 7.49. The van der Waals surface area contributed by atoms with Gasteiger partial charge in [0.25, 0.3) is 0 Å². The zero-order valence-corrected chi connectivity index (χ0v) is 12.3. The van der Waals surface area contributed by atoms with E-state index in [2.05, 4.69) is 10.2 Å². The molecule has 0 radical (unpaired) electrons. The number of rotatable bonds is 6. The highest BCUT2D eigenvalue weighted by Crippen LogP contribution is 2.21. The van der Waals surface area contributed by atoms with E-state index in [0.717, 1.165) is 26.1 Å². The Morgan fingerprint density at radius 3 is 2.90 bits per heavy atom. The Bertz CT molecular complexity index is 490. The number of likely N-dealkylation sites (N-methyl/N-ethyl adjacent to an activating group) is 1. The molecular formula is C15H22FN3O2. The minimum Gasteiger partial charge on any atom is -0.313 e. The molecule has 5 nitrogen and oxygen atoms in total. The van der Waals surface area contributed by atoms with E-state index in [9.17, 15) is 14.5 Å². The van der Waals surface area contributed by atoms with Gasteiger partial charge in [-0.15, -0.1) is 0 Å². The summed E-state index contributed by atoms with van der Waals surface area (Å²) < 4.78 is 14.1.